The highest BCUT2D eigenvalue weighted by atomic mass is 32.2. The maximum Gasteiger partial charge on any atom is 0.321 e. The lowest BCUT2D eigenvalue weighted by atomic mass is 9.88. The predicted molar refractivity (Wildman–Crippen MR) is 151 cm³/mol. The Balaban J connectivity index is 1.52. The zero-order valence-electron chi connectivity index (χ0n) is 21.4. The highest BCUT2D eigenvalue weighted by Crippen LogP contribution is 2.27. The second kappa shape index (κ2) is 14.3. The van der Waals surface area contributed by atoms with Crippen LogP contribution in [0.1, 0.15) is 43.7 Å². The summed E-state index contributed by atoms with van der Waals surface area (Å²) in [6.07, 6.45) is 3.10. The summed E-state index contributed by atoms with van der Waals surface area (Å²) in [5, 5.41) is 6.03. The van der Waals surface area contributed by atoms with Crippen molar-refractivity contribution in [3.05, 3.63) is 96.1 Å². The van der Waals surface area contributed by atoms with Crippen LogP contribution >= 0.6 is 11.8 Å². The zero-order valence-corrected chi connectivity index (χ0v) is 22.3. The number of urea groups is 1. The Morgan fingerprint density at radius 1 is 0.861 bits per heavy atom. The van der Waals surface area contributed by atoms with Gasteiger partial charge in [0.25, 0.3) is 0 Å². The van der Waals surface area contributed by atoms with Crippen LogP contribution in [0.3, 0.4) is 0 Å². The van der Waals surface area contributed by atoms with E-state index in [0.29, 0.717) is 25.6 Å². The van der Waals surface area contributed by atoms with Crippen LogP contribution in [0.4, 0.5) is 10.5 Å². The van der Waals surface area contributed by atoms with E-state index in [-0.39, 0.29) is 24.3 Å². The molecule has 0 spiro atoms. The van der Waals surface area contributed by atoms with Gasteiger partial charge < -0.3 is 15.5 Å². The van der Waals surface area contributed by atoms with Crippen molar-refractivity contribution in [1.82, 2.24) is 10.2 Å². The van der Waals surface area contributed by atoms with Crippen LogP contribution in [-0.2, 0) is 4.79 Å². The Hall–Kier alpha value is -3.25. The number of carbonyl (C=O) groups is 2. The quantitative estimate of drug-likeness (QED) is 0.273. The molecule has 0 aliphatic rings. The molecule has 36 heavy (non-hydrogen) atoms. The largest absolute Gasteiger partial charge is 0.356 e. The van der Waals surface area contributed by atoms with E-state index in [1.165, 1.54) is 11.1 Å². The summed E-state index contributed by atoms with van der Waals surface area (Å²) >= 11 is 1.66. The minimum atomic E-state index is -0.179. The van der Waals surface area contributed by atoms with Crippen molar-refractivity contribution in [2.45, 2.75) is 37.5 Å². The molecule has 3 amide bonds. The fourth-order valence-corrected chi connectivity index (χ4v) is 4.58. The van der Waals surface area contributed by atoms with E-state index in [1.54, 1.807) is 16.7 Å². The van der Waals surface area contributed by atoms with Gasteiger partial charge in [0.2, 0.25) is 5.91 Å². The number of hydrogen-bond acceptors (Lipinski definition) is 3. The third kappa shape index (κ3) is 8.76. The number of nitrogens with zero attached hydrogens (tertiary/aromatic N) is 1. The average molecular weight is 504 g/mol. The van der Waals surface area contributed by atoms with Crippen LogP contribution in [0.15, 0.2) is 89.8 Å². The molecule has 0 saturated heterocycles. The summed E-state index contributed by atoms with van der Waals surface area (Å²) in [5.41, 5.74) is 3.23. The number of carbonyl (C=O) groups excluding carboxylic acids is 2. The summed E-state index contributed by atoms with van der Waals surface area (Å²) < 4.78 is 0. The summed E-state index contributed by atoms with van der Waals surface area (Å²) in [6, 6.07) is 28.4. The van der Waals surface area contributed by atoms with Crippen molar-refractivity contribution >= 4 is 29.4 Å². The standard InChI is InChI=1S/C30H37N3O2S/c1-23(2)22-33(30(35)32-26-14-16-27(36-3)17-15-26)21-19-29(34)31-20-18-28(24-10-6-4-7-11-24)25-12-8-5-9-13-25/h4-17,23,28H,18-22H2,1-3H3,(H,31,34)(H,32,35). The first-order valence-corrected chi connectivity index (χ1v) is 13.7. The van der Waals surface area contributed by atoms with E-state index in [4.69, 9.17) is 0 Å². The van der Waals surface area contributed by atoms with Crippen molar-refractivity contribution in [3.63, 3.8) is 0 Å². The van der Waals surface area contributed by atoms with Gasteiger partial charge in [0.05, 0.1) is 0 Å². The highest BCUT2D eigenvalue weighted by Gasteiger charge is 2.18. The molecular formula is C30H37N3O2S. The van der Waals surface area contributed by atoms with E-state index in [2.05, 4.69) is 73.0 Å². The van der Waals surface area contributed by atoms with Gasteiger partial charge >= 0.3 is 6.03 Å². The first kappa shape index (κ1) is 27.3. The molecular weight excluding hydrogens is 466 g/mol. The van der Waals surface area contributed by atoms with Gasteiger partial charge in [-0.15, -0.1) is 11.8 Å². The minimum absolute atomic E-state index is 0.0410. The predicted octanol–water partition coefficient (Wildman–Crippen LogP) is 6.63. The average Bonchev–Trinajstić information content (AvgIpc) is 2.90. The van der Waals surface area contributed by atoms with Gasteiger partial charge in [-0.25, -0.2) is 4.79 Å². The number of amides is 3. The van der Waals surface area contributed by atoms with Crippen molar-refractivity contribution in [3.8, 4) is 0 Å². The molecule has 0 fully saturated rings. The maximum atomic E-state index is 12.9. The number of benzene rings is 3. The SMILES string of the molecule is CSc1ccc(NC(=O)N(CCC(=O)NCCC(c2ccccc2)c2ccccc2)CC(C)C)cc1. The number of rotatable bonds is 12. The van der Waals surface area contributed by atoms with Gasteiger partial charge in [0.15, 0.2) is 0 Å². The molecule has 2 N–H and O–H groups in total. The molecule has 0 aliphatic carbocycles. The van der Waals surface area contributed by atoms with Gasteiger partial charge in [0.1, 0.15) is 0 Å². The maximum absolute atomic E-state index is 12.9. The number of hydrogen-bond donors (Lipinski definition) is 2. The second-order valence-corrected chi connectivity index (χ2v) is 10.1. The smallest absolute Gasteiger partial charge is 0.321 e. The lowest BCUT2D eigenvalue weighted by Crippen LogP contribution is -2.40. The van der Waals surface area contributed by atoms with Crippen LogP contribution < -0.4 is 10.6 Å². The Kier molecular flexibility index (Phi) is 10.9. The minimum Gasteiger partial charge on any atom is -0.356 e. The van der Waals surface area contributed by atoms with E-state index in [9.17, 15) is 9.59 Å². The summed E-state index contributed by atoms with van der Waals surface area (Å²) in [5.74, 6) is 0.476. The van der Waals surface area contributed by atoms with Crippen LogP contribution in [-0.4, -0.2) is 42.7 Å². The molecule has 5 nitrogen and oxygen atoms in total. The topological polar surface area (TPSA) is 61.4 Å². The van der Waals surface area contributed by atoms with Gasteiger partial charge in [-0.05, 0) is 54.0 Å². The second-order valence-electron chi connectivity index (χ2n) is 9.26. The van der Waals surface area contributed by atoms with E-state index in [1.807, 2.05) is 42.7 Å². The molecule has 3 rings (SSSR count). The molecule has 0 bridgehead atoms. The number of thioether (sulfide) groups is 1. The van der Waals surface area contributed by atoms with Gasteiger partial charge in [-0.3, -0.25) is 4.79 Å². The summed E-state index contributed by atoms with van der Waals surface area (Å²) in [6.45, 7) is 5.68. The molecule has 3 aromatic rings. The lowest BCUT2D eigenvalue weighted by Gasteiger charge is -2.25. The van der Waals surface area contributed by atoms with Gasteiger partial charge in [-0.1, -0.05) is 74.5 Å². The Labute approximate surface area is 219 Å². The van der Waals surface area contributed by atoms with Crippen LogP contribution in [0.5, 0.6) is 0 Å². The first-order chi connectivity index (χ1) is 17.5. The Morgan fingerprint density at radius 2 is 1.44 bits per heavy atom. The van der Waals surface area contributed by atoms with Crippen molar-refractivity contribution in [2.24, 2.45) is 5.92 Å². The summed E-state index contributed by atoms with van der Waals surface area (Å²) in [4.78, 5) is 28.4. The van der Waals surface area contributed by atoms with E-state index < -0.39 is 0 Å². The van der Waals surface area contributed by atoms with E-state index >= 15 is 0 Å². The van der Waals surface area contributed by atoms with Crippen molar-refractivity contribution in [1.29, 1.82) is 0 Å². The molecule has 0 atom stereocenters. The summed E-state index contributed by atoms with van der Waals surface area (Å²) in [7, 11) is 0. The molecule has 0 saturated carbocycles. The zero-order chi connectivity index (χ0) is 25.8. The lowest BCUT2D eigenvalue weighted by molar-refractivity contribution is -0.121. The molecule has 0 aromatic heterocycles. The molecule has 0 aliphatic heterocycles. The normalized spacial score (nSPS) is 10.9. The van der Waals surface area contributed by atoms with Gasteiger partial charge in [0, 0.05) is 42.6 Å². The van der Waals surface area contributed by atoms with E-state index in [0.717, 1.165) is 17.0 Å². The molecule has 0 unspecified atom stereocenters. The van der Waals surface area contributed by atoms with Gasteiger partial charge in [-0.2, -0.15) is 0 Å². The fraction of sp³-hybridized carbons (Fsp3) is 0.333. The number of nitrogens with one attached hydrogen (secondary N) is 2. The molecule has 190 valence electrons. The molecule has 3 aromatic carbocycles. The van der Waals surface area contributed by atoms with Crippen LogP contribution in [0.25, 0.3) is 0 Å². The Bertz CT molecular complexity index is 1030. The van der Waals surface area contributed by atoms with Crippen molar-refractivity contribution < 1.29 is 9.59 Å². The Morgan fingerprint density at radius 3 is 1.97 bits per heavy atom. The third-order valence-electron chi connectivity index (χ3n) is 5.98. The van der Waals surface area contributed by atoms with Crippen molar-refractivity contribution in [2.75, 3.05) is 31.2 Å². The monoisotopic (exact) mass is 503 g/mol. The van der Waals surface area contributed by atoms with Crippen LogP contribution in [0, 0.1) is 5.92 Å². The molecule has 6 heteroatoms. The molecule has 0 heterocycles. The highest BCUT2D eigenvalue weighted by molar-refractivity contribution is 7.98. The number of anilines is 1. The molecule has 0 radical (unpaired) electrons. The fourth-order valence-electron chi connectivity index (χ4n) is 4.17. The van der Waals surface area contributed by atoms with Crippen LogP contribution in [0.2, 0.25) is 0 Å². The first-order valence-electron chi connectivity index (χ1n) is 12.5. The third-order valence-corrected chi connectivity index (χ3v) is 6.73.